The number of urea groups is 1. The van der Waals surface area contributed by atoms with Crippen LogP contribution in [0.3, 0.4) is 0 Å². The minimum Gasteiger partial charge on any atom is -0.496 e. The molecule has 11 nitrogen and oxygen atoms in total. The van der Waals surface area contributed by atoms with Crippen LogP contribution in [0, 0.1) is 19.7 Å². The lowest BCUT2D eigenvalue weighted by molar-refractivity contribution is -0.139. The van der Waals surface area contributed by atoms with Crippen molar-refractivity contribution in [3.05, 3.63) is 71.0 Å². The molecule has 0 aliphatic carbocycles. The van der Waals surface area contributed by atoms with Crippen molar-refractivity contribution in [1.82, 2.24) is 26.0 Å². The fraction of sp³-hybridized carbons (Fsp3) is 0.353. The normalized spacial score (nSPS) is 18.2. The van der Waals surface area contributed by atoms with Crippen LogP contribution in [0.2, 0.25) is 0 Å². The third-order valence-electron chi connectivity index (χ3n) is 8.69. The van der Waals surface area contributed by atoms with Crippen LogP contribution in [0.15, 0.2) is 48.5 Å². The summed E-state index contributed by atoms with van der Waals surface area (Å²) in [6.07, 6.45) is 2.15. The molecule has 2 aliphatic heterocycles. The molecule has 2 saturated heterocycles. The molecule has 4 N–H and O–H groups in total. The largest absolute Gasteiger partial charge is 0.496 e. The SMILES string of the molecule is COc1cc(-c2cccc(-c3cccc(NC(=O)C4NN(C)C(=O)N(C)C4=O)c3C)c2C)cc(F)c1CNCC[C@@H]1CCC(=O)N1. The predicted molar refractivity (Wildman–Crippen MR) is 172 cm³/mol. The van der Waals surface area contributed by atoms with Gasteiger partial charge >= 0.3 is 6.03 Å². The smallest absolute Gasteiger partial charge is 0.340 e. The van der Waals surface area contributed by atoms with Gasteiger partial charge in [0.15, 0.2) is 6.04 Å². The van der Waals surface area contributed by atoms with Crippen LogP contribution >= 0.6 is 0 Å². The highest BCUT2D eigenvalue weighted by molar-refractivity contribution is 6.15. The van der Waals surface area contributed by atoms with E-state index in [0.717, 1.165) is 50.6 Å². The Bertz CT molecular complexity index is 1690. The van der Waals surface area contributed by atoms with Crippen molar-refractivity contribution >= 4 is 29.4 Å². The Morgan fingerprint density at radius 2 is 1.72 bits per heavy atom. The number of likely N-dealkylation sites (N-methyl/N-ethyl adjacent to an activating group) is 1. The third-order valence-corrected chi connectivity index (χ3v) is 8.69. The predicted octanol–water partition coefficient (Wildman–Crippen LogP) is 3.88. The zero-order chi connectivity index (χ0) is 33.1. The van der Waals surface area contributed by atoms with Crippen LogP contribution in [0.4, 0.5) is 14.9 Å². The molecule has 3 aromatic rings. The Morgan fingerprint density at radius 3 is 2.41 bits per heavy atom. The number of anilines is 1. The standard InChI is InChI=1S/C34H39FN6O5/c1-19-23(21-16-27(35)26(29(17-21)46-5)18-36-15-14-22-12-13-30(42)37-22)8-6-9-24(19)25-10-7-11-28(20(25)2)38-32(43)31-33(44)40(3)34(45)41(4)39-31/h6-11,16-17,22,31,36,39H,12-15,18H2,1-5H3,(H,37,42)(H,38,43)/t22-,31?/m0/s1. The first-order valence-electron chi connectivity index (χ1n) is 15.2. The number of hydrogen-bond acceptors (Lipinski definition) is 7. The summed E-state index contributed by atoms with van der Waals surface area (Å²) in [5.41, 5.74) is 8.51. The summed E-state index contributed by atoms with van der Waals surface area (Å²) < 4.78 is 21.1. The molecule has 2 aliphatic rings. The Balaban J connectivity index is 1.36. The van der Waals surface area contributed by atoms with E-state index >= 15 is 4.39 Å². The molecule has 1 unspecified atom stereocenters. The zero-order valence-corrected chi connectivity index (χ0v) is 26.6. The molecule has 0 saturated carbocycles. The highest BCUT2D eigenvalue weighted by Crippen LogP contribution is 2.37. The fourth-order valence-electron chi connectivity index (χ4n) is 6.00. The van der Waals surface area contributed by atoms with E-state index in [1.807, 2.05) is 50.2 Å². The number of imide groups is 1. The number of hydrazine groups is 1. The first-order valence-corrected chi connectivity index (χ1v) is 15.2. The van der Waals surface area contributed by atoms with E-state index in [-0.39, 0.29) is 24.3 Å². The molecule has 2 fully saturated rings. The monoisotopic (exact) mass is 630 g/mol. The maximum atomic E-state index is 15.5. The molecule has 242 valence electrons. The number of methoxy groups -OCH3 is 1. The minimum atomic E-state index is -1.26. The van der Waals surface area contributed by atoms with Gasteiger partial charge in [0.2, 0.25) is 5.91 Å². The van der Waals surface area contributed by atoms with Crippen LogP contribution < -0.4 is 26.1 Å². The molecule has 2 heterocycles. The van der Waals surface area contributed by atoms with Gasteiger partial charge in [-0.2, -0.15) is 0 Å². The maximum Gasteiger partial charge on any atom is 0.340 e. The molecule has 0 bridgehead atoms. The van der Waals surface area contributed by atoms with Crippen molar-refractivity contribution in [2.24, 2.45) is 0 Å². The Kier molecular flexibility index (Phi) is 9.68. The number of benzene rings is 3. The summed E-state index contributed by atoms with van der Waals surface area (Å²) in [6, 6.07) is 13.0. The molecule has 0 aromatic heterocycles. The van der Waals surface area contributed by atoms with Crippen molar-refractivity contribution in [1.29, 1.82) is 0 Å². The lowest BCUT2D eigenvalue weighted by atomic mass is 9.90. The average Bonchev–Trinajstić information content (AvgIpc) is 3.46. The molecule has 5 rings (SSSR count). The average molecular weight is 631 g/mol. The molecule has 0 spiro atoms. The summed E-state index contributed by atoms with van der Waals surface area (Å²) in [7, 11) is 4.30. The van der Waals surface area contributed by atoms with Crippen molar-refractivity contribution in [3.63, 3.8) is 0 Å². The van der Waals surface area contributed by atoms with Crippen LogP contribution in [0.1, 0.15) is 36.0 Å². The number of hydrogen-bond donors (Lipinski definition) is 4. The van der Waals surface area contributed by atoms with E-state index in [2.05, 4.69) is 21.4 Å². The quantitative estimate of drug-likeness (QED) is 0.198. The van der Waals surface area contributed by atoms with Crippen LogP contribution in [0.5, 0.6) is 5.75 Å². The number of carbonyl (C=O) groups excluding carboxylic acids is 4. The van der Waals surface area contributed by atoms with Crippen molar-refractivity contribution in [3.8, 4) is 28.0 Å². The second-order valence-electron chi connectivity index (χ2n) is 11.7. The van der Waals surface area contributed by atoms with E-state index in [0.29, 0.717) is 35.5 Å². The first kappa shape index (κ1) is 32.6. The number of halogens is 1. The van der Waals surface area contributed by atoms with Gasteiger partial charge in [-0.15, -0.1) is 0 Å². The van der Waals surface area contributed by atoms with Gasteiger partial charge in [0.05, 0.1) is 7.11 Å². The Labute approximate surface area is 267 Å². The highest BCUT2D eigenvalue weighted by atomic mass is 19.1. The summed E-state index contributed by atoms with van der Waals surface area (Å²) in [5, 5.41) is 10.1. The Hall–Kier alpha value is -4.81. The van der Waals surface area contributed by atoms with Crippen LogP contribution in [0.25, 0.3) is 22.3 Å². The number of nitrogens with zero attached hydrogens (tertiary/aromatic N) is 2. The van der Waals surface area contributed by atoms with Gasteiger partial charge in [0.25, 0.3) is 11.8 Å². The number of rotatable bonds is 10. The molecule has 46 heavy (non-hydrogen) atoms. The molecular formula is C34H39FN6O5. The molecule has 2 atom stereocenters. The fourth-order valence-corrected chi connectivity index (χ4v) is 6.00. The van der Waals surface area contributed by atoms with Crippen molar-refractivity contribution < 1.29 is 28.3 Å². The second-order valence-corrected chi connectivity index (χ2v) is 11.7. The third kappa shape index (κ3) is 6.58. The van der Waals surface area contributed by atoms with Gasteiger partial charge in [-0.05, 0) is 84.8 Å². The van der Waals surface area contributed by atoms with Crippen molar-refractivity contribution in [2.45, 2.75) is 51.7 Å². The number of amides is 5. The van der Waals surface area contributed by atoms with E-state index < -0.39 is 23.9 Å². The zero-order valence-electron chi connectivity index (χ0n) is 26.6. The Morgan fingerprint density at radius 1 is 1.02 bits per heavy atom. The van der Waals surface area contributed by atoms with Crippen molar-refractivity contribution in [2.75, 3.05) is 33.1 Å². The summed E-state index contributed by atoms with van der Waals surface area (Å²) in [4.78, 5) is 50.1. The van der Waals surface area contributed by atoms with E-state index in [1.165, 1.54) is 27.3 Å². The van der Waals surface area contributed by atoms with Gasteiger partial charge in [-0.1, -0.05) is 30.3 Å². The topological polar surface area (TPSA) is 132 Å². The lowest BCUT2D eigenvalue weighted by Crippen LogP contribution is -2.66. The van der Waals surface area contributed by atoms with Crippen LogP contribution in [-0.2, 0) is 20.9 Å². The van der Waals surface area contributed by atoms with Crippen LogP contribution in [-0.4, -0.2) is 73.5 Å². The molecule has 0 radical (unpaired) electrons. The summed E-state index contributed by atoms with van der Waals surface area (Å²) in [6.45, 7) is 4.76. The van der Waals surface area contributed by atoms with Gasteiger partial charge in [-0.25, -0.2) is 14.6 Å². The van der Waals surface area contributed by atoms with Gasteiger partial charge < -0.3 is 20.7 Å². The summed E-state index contributed by atoms with van der Waals surface area (Å²) >= 11 is 0. The van der Waals surface area contributed by atoms with E-state index in [1.54, 1.807) is 6.07 Å². The number of nitrogens with one attached hydrogen (secondary N) is 4. The maximum absolute atomic E-state index is 15.5. The number of ether oxygens (including phenoxy) is 1. The molecule has 12 heteroatoms. The van der Waals surface area contributed by atoms with E-state index in [4.69, 9.17) is 4.74 Å². The van der Waals surface area contributed by atoms with E-state index in [9.17, 15) is 19.2 Å². The van der Waals surface area contributed by atoms with Gasteiger partial charge in [-0.3, -0.25) is 24.3 Å². The molecule has 3 aromatic carbocycles. The number of carbonyl (C=O) groups is 4. The van der Waals surface area contributed by atoms with Gasteiger partial charge in [0, 0.05) is 44.4 Å². The lowest BCUT2D eigenvalue weighted by Gasteiger charge is -2.34. The molecular weight excluding hydrogens is 591 g/mol. The summed E-state index contributed by atoms with van der Waals surface area (Å²) in [5.74, 6) is -1.11. The molecule has 5 amide bonds. The van der Waals surface area contributed by atoms with Gasteiger partial charge in [0.1, 0.15) is 11.6 Å². The first-order chi connectivity index (χ1) is 22.0. The second kappa shape index (κ2) is 13.7. The highest BCUT2D eigenvalue weighted by Gasteiger charge is 2.39. The minimum absolute atomic E-state index is 0.0771.